The van der Waals surface area contributed by atoms with Crippen molar-refractivity contribution in [3.63, 3.8) is 0 Å². The molecule has 22 heavy (non-hydrogen) atoms. The van der Waals surface area contributed by atoms with Gasteiger partial charge in [-0.05, 0) is 12.1 Å². The van der Waals surface area contributed by atoms with E-state index in [1.807, 2.05) is 0 Å². The van der Waals surface area contributed by atoms with Gasteiger partial charge in [0, 0.05) is 24.7 Å². The second kappa shape index (κ2) is 6.52. The van der Waals surface area contributed by atoms with E-state index < -0.39 is 12.1 Å². The molecule has 2 amide bonds. The van der Waals surface area contributed by atoms with Gasteiger partial charge in [-0.2, -0.15) is 0 Å². The molecule has 1 aliphatic heterocycles. The minimum absolute atomic E-state index is 0.176. The van der Waals surface area contributed by atoms with Crippen molar-refractivity contribution in [2.45, 2.75) is 18.6 Å². The molecule has 1 aromatic rings. The van der Waals surface area contributed by atoms with Gasteiger partial charge in [-0.25, -0.2) is 4.79 Å². The fraction of sp³-hybridized carbons (Fsp3) is 0.429. The zero-order valence-electron chi connectivity index (χ0n) is 12.4. The number of benzene rings is 1. The van der Waals surface area contributed by atoms with Gasteiger partial charge < -0.3 is 30.5 Å². The Morgan fingerprint density at radius 3 is 2.68 bits per heavy atom. The summed E-state index contributed by atoms with van der Waals surface area (Å²) in [6.45, 7) is 0.473. The number of hydrogen-bond acceptors (Lipinski definition) is 5. The van der Waals surface area contributed by atoms with E-state index in [4.69, 9.17) is 20.3 Å². The lowest BCUT2D eigenvalue weighted by molar-refractivity contribution is -0.151. The van der Waals surface area contributed by atoms with Crippen LogP contribution in [0.15, 0.2) is 18.2 Å². The van der Waals surface area contributed by atoms with Gasteiger partial charge in [-0.1, -0.05) is 0 Å². The second-order valence-corrected chi connectivity index (χ2v) is 4.87. The number of nitrogens with two attached hydrogens (primary N) is 1. The second-order valence-electron chi connectivity index (χ2n) is 4.87. The Balaban J connectivity index is 2.14. The summed E-state index contributed by atoms with van der Waals surface area (Å²) in [6.07, 6.45) is -1.24. The lowest BCUT2D eigenvalue weighted by Gasteiger charge is -2.46. The molecule has 1 heterocycles. The first-order valence-corrected chi connectivity index (χ1v) is 6.72. The maximum Gasteiger partial charge on any atom is 0.405 e. The summed E-state index contributed by atoms with van der Waals surface area (Å²) in [7, 11) is 3.09. The highest BCUT2D eigenvalue weighted by Crippen LogP contribution is 2.29. The third-order valence-electron chi connectivity index (χ3n) is 3.69. The molecule has 0 radical (unpaired) electrons. The van der Waals surface area contributed by atoms with Crippen molar-refractivity contribution >= 4 is 12.0 Å². The summed E-state index contributed by atoms with van der Waals surface area (Å²) < 4.78 is 10.4. The standard InChI is InChI=1S/C14H19N3O5/c1-21-9-4-3-8(11(5-9)22-2)7-17-10(6-15)12(13(17)18)16-14(19)20/h3-5,10,12,16H,6-7,15H2,1-2H3,(H,19,20). The van der Waals surface area contributed by atoms with Crippen molar-refractivity contribution in [1.82, 2.24) is 10.2 Å². The fourth-order valence-electron chi connectivity index (χ4n) is 2.52. The molecule has 1 saturated heterocycles. The Hall–Kier alpha value is -2.48. The van der Waals surface area contributed by atoms with Gasteiger partial charge in [-0.15, -0.1) is 0 Å². The van der Waals surface area contributed by atoms with E-state index in [1.165, 1.54) is 12.0 Å². The van der Waals surface area contributed by atoms with Crippen molar-refractivity contribution < 1.29 is 24.2 Å². The smallest absolute Gasteiger partial charge is 0.405 e. The molecule has 1 fully saturated rings. The number of carbonyl (C=O) groups excluding carboxylic acids is 1. The minimum Gasteiger partial charge on any atom is -0.497 e. The van der Waals surface area contributed by atoms with Crippen molar-refractivity contribution in [2.75, 3.05) is 20.8 Å². The minimum atomic E-state index is -1.24. The third-order valence-corrected chi connectivity index (χ3v) is 3.69. The van der Waals surface area contributed by atoms with Crippen LogP contribution in [-0.2, 0) is 11.3 Å². The van der Waals surface area contributed by atoms with Crippen LogP contribution in [0.4, 0.5) is 4.79 Å². The Bertz CT molecular complexity index is 578. The monoisotopic (exact) mass is 309 g/mol. The predicted octanol–water partition coefficient (Wildman–Crippen LogP) is 0.00950. The quantitative estimate of drug-likeness (QED) is 0.638. The van der Waals surface area contributed by atoms with Crippen LogP contribution in [-0.4, -0.2) is 54.9 Å². The fourth-order valence-corrected chi connectivity index (χ4v) is 2.52. The van der Waals surface area contributed by atoms with Crippen LogP contribution >= 0.6 is 0 Å². The van der Waals surface area contributed by atoms with Crippen molar-refractivity contribution in [3.8, 4) is 11.5 Å². The summed E-state index contributed by atoms with van der Waals surface area (Å²) in [4.78, 5) is 24.3. The van der Waals surface area contributed by atoms with Gasteiger partial charge in [0.1, 0.15) is 17.5 Å². The molecule has 8 heteroatoms. The number of amides is 2. The van der Waals surface area contributed by atoms with E-state index in [1.54, 1.807) is 25.3 Å². The number of nitrogens with one attached hydrogen (secondary N) is 1. The number of likely N-dealkylation sites (tertiary alicyclic amines) is 1. The summed E-state index contributed by atoms with van der Waals surface area (Å²) in [6, 6.07) is 4.15. The molecule has 4 N–H and O–H groups in total. The van der Waals surface area contributed by atoms with Crippen LogP contribution in [0.25, 0.3) is 0 Å². The van der Waals surface area contributed by atoms with Gasteiger partial charge in [0.25, 0.3) is 0 Å². The van der Waals surface area contributed by atoms with E-state index in [2.05, 4.69) is 5.32 Å². The molecule has 0 bridgehead atoms. The van der Waals surface area contributed by atoms with E-state index in [9.17, 15) is 9.59 Å². The molecule has 2 atom stereocenters. The predicted molar refractivity (Wildman–Crippen MR) is 77.9 cm³/mol. The average molecular weight is 309 g/mol. The van der Waals surface area contributed by atoms with Crippen LogP contribution in [0.1, 0.15) is 5.56 Å². The number of ether oxygens (including phenoxy) is 2. The van der Waals surface area contributed by atoms with Gasteiger partial charge in [0.2, 0.25) is 5.91 Å². The Morgan fingerprint density at radius 1 is 1.41 bits per heavy atom. The van der Waals surface area contributed by atoms with E-state index in [-0.39, 0.29) is 18.5 Å². The zero-order chi connectivity index (χ0) is 16.3. The Morgan fingerprint density at radius 2 is 2.14 bits per heavy atom. The lowest BCUT2D eigenvalue weighted by Crippen LogP contribution is -2.72. The first kappa shape index (κ1) is 15.9. The number of carbonyl (C=O) groups is 2. The normalized spacial score (nSPS) is 20.3. The number of methoxy groups -OCH3 is 2. The molecule has 2 rings (SSSR count). The molecule has 0 saturated carbocycles. The van der Waals surface area contributed by atoms with Crippen LogP contribution in [0.5, 0.6) is 11.5 Å². The number of carboxylic acid groups (broad SMARTS) is 1. The first-order valence-electron chi connectivity index (χ1n) is 6.72. The van der Waals surface area contributed by atoms with Gasteiger partial charge >= 0.3 is 6.09 Å². The maximum absolute atomic E-state index is 12.1. The topological polar surface area (TPSA) is 114 Å². The van der Waals surface area contributed by atoms with Crippen molar-refractivity contribution in [3.05, 3.63) is 23.8 Å². The van der Waals surface area contributed by atoms with Gasteiger partial charge in [0.15, 0.2) is 0 Å². The summed E-state index contributed by atoms with van der Waals surface area (Å²) >= 11 is 0. The van der Waals surface area contributed by atoms with Crippen LogP contribution in [0, 0.1) is 0 Å². The molecule has 120 valence electrons. The summed E-state index contributed by atoms with van der Waals surface area (Å²) in [5.74, 6) is 0.949. The number of β-lactam (4-membered cyclic amide) rings is 1. The molecule has 8 nitrogen and oxygen atoms in total. The Labute approximate surface area is 127 Å². The first-order chi connectivity index (χ1) is 10.5. The number of rotatable bonds is 6. The van der Waals surface area contributed by atoms with Crippen LogP contribution in [0.3, 0.4) is 0 Å². The van der Waals surface area contributed by atoms with Crippen LogP contribution < -0.4 is 20.5 Å². The molecule has 2 unspecified atom stereocenters. The van der Waals surface area contributed by atoms with E-state index in [0.717, 1.165) is 5.56 Å². The Kier molecular flexibility index (Phi) is 4.71. The molecular weight excluding hydrogens is 290 g/mol. The summed E-state index contributed by atoms with van der Waals surface area (Å²) in [5.41, 5.74) is 6.44. The SMILES string of the molecule is COc1ccc(CN2C(=O)C(NC(=O)O)C2CN)c(OC)c1. The number of nitrogens with zero attached hydrogens (tertiary/aromatic N) is 1. The molecular formula is C14H19N3O5. The molecule has 0 aromatic heterocycles. The van der Waals surface area contributed by atoms with Gasteiger partial charge in [0.05, 0.1) is 20.3 Å². The van der Waals surface area contributed by atoms with E-state index >= 15 is 0 Å². The highest BCUT2D eigenvalue weighted by Gasteiger charge is 2.47. The molecule has 1 aliphatic rings. The zero-order valence-corrected chi connectivity index (χ0v) is 12.4. The molecule has 0 spiro atoms. The molecule has 0 aliphatic carbocycles. The average Bonchev–Trinajstić information content (AvgIpc) is 2.52. The number of hydrogen-bond donors (Lipinski definition) is 3. The molecule has 1 aromatic carbocycles. The van der Waals surface area contributed by atoms with E-state index in [0.29, 0.717) is 18.0 Å². The lowest BCUT2D eigenvalue weighted by atomic mass is 9.94. The van der Waals surface area contributed by atoms with Gasteiger partial charge in [-0.3, -0.25) is 4.79 Å². The summed E-state index contributed by atoms with van der Waals surface area (Å²) in [5, 5.41) is 10.9. The highest BCUT2D eigenvalue weighted by molar-refractivity contribution is 5.92. The van der Waals surface area contributed by atoms with Crippen LogP contribution in [0.2, 0.25) is 0 Å². The highest BCUT2D eigenvalue weighted by atomic mass is 16.5. The van der Waals surface area contributed by atoms with Crippen molar-refractivity contribution in [1.29, 1.82) is 0 Å². The largest absolute Gasteiger partial charge is 0.497 e. The van der Waals surface area contributed by atoms with Crippen molar-refractivity contribution in [2.24, 2.45) is 5.73 Å². The maximum atomic E-state index is 12.1. The third kappa shape index (κ3) is 2.91.